The monoisotopic (exact) mass is 276 g/mol. The van der Waals surface area contributed by atoms with Crippen molar-refractivity contribution in [3.05, 3.63) is 42.0 Å². The number of allylic oxidation sites excluding steroid dienone is 1. The van der Waals surface area contributed by atoms with Crippen LogP contribution in [0.1, 0.15) is 19.4 Å². The van der Waals surface area contributed by atoms with Crippen molar-refractivity contribution in [2.75, 3.05) is 20.3 Å². The van der Waals surface area contributed by atoms with Crippen molar-refractivity contribution in [3.63, 3.8) is 0 Å². The fraction of sp³-hybridized carbons (Fsp3) is 0.312. The molecule has 20 heavy (non-hydrogen) atoms. The molecule has 1 rings (SSSR count). The third-order valence-electron chi connectivity index (χ3n) is 2.42. The van der Waals surface area contributed by atoms with E-state index in [1.54, 1.807) is 20.1 Å². The lowest BCUT2D eigenvalue weighted by Gasteiger charge is -2.09. The van der Waals surface area contributed by atoms with Gasteiger partial charge < -0.3 is 14.2 Å². The lowest BCUT2D eigenvalue weighted by molar-refractivity contribution is -0.137. The van der Waals surface area contributed by atoms with Gasteiger partial charge in [-0.1, -0.05) is 18.2 Å². The van der Waals surface area contributed by atoms with Crippen LogP contribution in [0.3, 0.4) is 0 Å². The van der Waals surface area contributed by atoms with Crippen LogP contribution < -0.4 is 9.47 Å². The number of benzene rings is 1. The van der Waals surface area contributed by atoms with E-state index in [0.717, 1.165) is 5.56 Å². The van der Waals surface area contributed by atoms with E-state index in [0.29, 0.717) is 18.1 Å². The van der Waals surface area contributed by atoms with E-state index in [2.05, 4.69) is 0 Å². The molecule has 0 aliphatic carbocycles. The highest BCUT2D eigenvalue weighted by Crippen LogP contribution is 2.28. The van der Waals surface area contributed by atoms with Gasteiger partial charge in [0.25, 0.3) is 0 Å². The third-order valence-corrected chi connectivity index (χ3v) is 2.42. The molecule has 0 spiro atoms. The quantitative estimate of drug-likeness (QED) is 0.566. The van der Waals surface area contributed by atoms with Crippen molar-refractivity contribution in [1.29, 1.82) is 0 Å². The van der Waals surface area contributed by atoms with Gasteiger partial charge in [0.15, 0.2) is 11.5 Å². The zero-order chi connectivity index (χ0) is 14.8. The number of ether oxygens (including phenoxy) is 3. The molecule has 0 fully saturated rings. The number of carbonyl (C=O) groups excluding carboxylic acids is 1. The Morgan fingerprint density at radius 3 is 2.75 bits per heavy atom. The summed E-state index contributed by atoms with van der Waals surface area (Å²) >= 11 is 0. The standard InChI is InChI=1S/C16H20O4/c1-4-7-13-9-10-14(15(12-13)18-3)20-11-6-8-16(17)19-5-2/h4,6-10,12H,5,11H2,1-3H3/b7-4+,8-6+. The highest BCUT2D eigenvalue weighted by Gasteiger charge is 2.04. The molecule has 1 aromatic carbocycles. The van der Waals surface area contributed by atoms with Crippen LogP contribution in [-0.4, -0.2) is 26.3 Å². The Kier molecular flexibility index (Phi) is 6.96. The van der Waals surface area contributed by atoms with E-state index in [4.69, 9.17) is 14.2 Å². The van der Waals surface area contributed by atoms with Gasteiger partial charge in [-0.2, -0.15) is 0 Å². The van der Waals surface area contributed by atoms with Gasteiger partial charge in [-0.05, 0) is 37.6 Å². The fourth-order valence-corrected chi connectivity index (χ4v) is 1.57. The van der Waals surface area contributed by atoms with Crippen molar-refractivity contribution in [2.45, 2.75) is 13.8 Å². The molecule has 1 aromatic rings. The normalized spacial score (nSPS) is 10.9. The average molecular weight is 276 g/mol. The number of methoxy groups -OCH3 is 1. The van der Waals surface area contributed by atoms with Crippen LogP contribution in [0.15, 0.2) is 36.4 Å². The van der Waals surface area contributed by atoms with Crippen LogP contribution in [-0.2, 0) is 9.53 Å². The van der Waals surface area contributed by atoms with Crippen LogP contribution >= 0.6 is 0 Å². The highest BCUT2D eigenvalue weighted by molar-refractivity contribution is 5.81. The summed E-state index contributed by atoms with van der Waals surface area (Å²) in [5.74, 6) is 0.922. The van der Waals surface area contributed by atoms with Crippen LogP contribution in [0.25, 0.3) is 6.08 Å². The predicted molar refractivity (Wildman–Crippen MR) is 79.0 cm³/mol. The van der Waals surface area contributed by atoms with Gasteiger partial charge >= 0.3 is 5.97 Å². The van der Waals surface area contributed by atoms with Crippen LogP contribution in [0.5, 0.6) is 11.5 Å². The molecule has 0 aromatic heterocycles. The zero-order valence-corrected chi connectivity index (χ0v) is 12.1. The second-order valence-corrected chi connectivity index (χ2v) is 3.88. The van der Waals surface area contributed by atoms with Crippen LogP contribution in [0, 0.1) is 0 Å². The largest absolute Gasteiger partial charge is 0.493 e. The summed E-state index contributed by atoms with van der Waals surface area (Å²) in [5, 5.41) is 0. The highest BCUT2D eigenvalue weighted by atomic mass is 16.5. The van der Waals surface area contributed by atoms with E-state index in [1.807, 2.05) is 37.3 Å². The van der Waals surface area contributed by atoms with Crippen LogP contribution in [0.2, 0.25) is 0 Å². The molecule has 0 saturated carbocycles. The molecule has 108 valence electrons. The Morgan fingerprint density at radius 2 is 2.10 bits per heavy atom. The molecule has 0 amide bonds. The minimum absolute atomic E-state index is 0.276. The molecular formula is C16H20O4. The molecular weight excluding hydrogens is 256 g/mol. The Bertz CT molecular complexity index is 489. The lowest BCUT2D eigenvalue weighted by atomic mass is 10.2. The smallest absolute Gasteiger partial charge is 0.330 e. The molecule has 0 N–H and O–H groups in total. The first kappa shape index (κ1) is 15.8. The van der Waals surface area contributed by atoms with E-state index < -0.39 is 0 Å². The van der Waals surface area contributed by atoms with Gasteiger partial charge in [-0.25, -0.2) is 4.79 Å². The molecule has 0 saturated heterocycles. The minimum atomic E-state index is -0.369. The predicted octanol–water partition coefficient (Wildman–Crippen LogP) is 3.23. The topological polar surface area (TPSA) is 44.8 Å². The summed E-state index contributed by atoms with van der Waals surface area (Å²) in [6, 6.07) is 5.67. The van der Waals surface area contributed by atoms with Gasteiger partial charge in [0.2, 0.25) is 0 Å². The molecule has 4 heteroatoms. The van der Waals surface area contributed by atoms with Crippen molar-refractivity contribution < 1.29 is 19.0 Å². The number of carbonyl (C=O) groups is 1. The van der Waals surface area contributed by atoms with Gasteiger partial charge in [-0.15, -0.1) is 0 Å². The Labute approximate surface area is 119 Å². The summed E-state index contributed by atoms with van der Waals surface area (Å²) in [6.45, 7) is 4.36. The first-order chi connectivity index (χ1) is 9.71. The molecule has 0 radical (unpaired) electrons. The minimum Gasteiger partial charge on any atom is -0.493 e. The van der Waals surface area contributed by atoms with Gasteiger partial charge in [-0.3, -0.25) is 0 Å². The summed E-state index contributed by atoms with van der Waals surface area (Å²) in [4.78, 5) is 11.1. The molecule has 0 aliphatic rings. The van der Waals surface area contributed by atoms with E-state index >= 15 is 0 Å². The first-order valence-electron chi connectivity index (χ1n) is 6.48. The SMILES string of the molecule is C/C=C/c1ccc(OC/C=C/C(=O)OCC)c(OC)c1. The fourth-order valence-electron chi connectivity index (χ4n) is 1.57. The molecule has 0 atom stereocenters. The van der Waals surface area contributed by atoms with Crippen molar-refractivity contribution in [3.8, 4) is 11.5 Å². The maximum absolute atomic E-state index is 11.1. The molecule has 0 heterocycles. The summed E-state index contributed by atoms with van der Waals surface area (Å²) in [7, 11) is 1.59. The summed E-state index contributed by atoms with van der Waals surface area (Å²) in [5.41, 5.74) is 1.04. The Balaban J connectivity index is 2.61. The second-order valence-electron chi connectivity index (χ2n) is 3.88. The number of rotatable bonds is 7. The molecule has 0 aliphatic heterocycles. The lowest BCUT2D eigenvalue weighted by Crippen LogP contribution is -2.01. The maximum Gasteiger partial charge on any atom is 0.330 e. The van der Waals surface area contributed by atoms with Gasteiger partial charge in [0.05, 0.1) is 13.7 Å². The van der Waals surface area contributed by atoms with Crippen molar-refractivity contribution >= 4 is 12.0 Å². The van der Waals surface area contributed by atoms with E-state index in [9.17, 15) is 4.79 Å². The number of hydrogen-bond donors (Lipinski definition) is 0. The average Bonchev–Trinajstić information content (AvgIpc) is 2.45. The molecule has 0 unspecified atom stereocenters. The molecule has 4 nitrogen and oxygen atoms in total. The van der Waals surface area contributed by atoms with E-state index in [1.165, 1.54) is 6.08 Å². The van der Waals surface area contributed by atoms with Gasteiger partial charge in [0, 0.05) is 6.08 Å². The number of esters is 1. The van der Waals surface area contributed by atoms with Gasteiger partial charge in [0.1, 0.15) is 6.61 Å². The summed E-state index contributed by atoms with van der Waals surface area (Å²) < 4.78 is 15.6. The zero-order valence-electron chi connectivity index (χ0n) is 12.1. The maximum atomic E-state index is 11.1. The Morgan fingerprint density at radius 1 is 1.30 bits per heavy atom. The van der Waals surface area contributed by atoms with Crippen LogP contribution in [0.4, 0.5) is 0 Å². The molecule has 0 bridgehead atoms. The second kappa shape index (κ2) is 8.80. The number of hydrogen-bond acceptors (Lipinski definition) is 4. The third kappa shape index (κ3) is 5.18. The summed E-state index contributed by atoms with van der Waals surface area (Å²) in [6.07, 6.45) is 6.89. The van der Waals surface area contributed by atoms with Crippen molar-refractivity contribution in [1.82, 2.24) is 0 Å². The first-order valence-corrected chi connectivity index (χ1v) is 6.48. The van der Waals surface area contributed by atoms with E-state index in [-0.39, 0.29) is 12.6 Å². The Hall–Kier alpha value is -2.23. The van der Waals surface area contributed by atoms with Crippen molar-refractivity contribution in [2.24, 2.45) is 0 Å².